The summed E-state index contributed by atoms with van der Waals surface area (Å²) in [5, 5.41) is 16.6. The van der Waals surface area contributed by atoms with Crippen LogP contribution in [0.1, 0.15) is 42.7 Å². The molecule has 1 aliphatic carbocycles. The molecule has 1 heterocycles. The van der Waals surface area contributed by atoms with Gasteiger partial charge in [0.25, 0.3) is 5.91 Å². The Hall–Kier alpha value is -4.72. The van der Waals surface area contributed by atoms with Crippen LogP contribution in [0, 0.1) is 0 Å². The summed E-state index contributed by atoms with van der Waals surface area (Å²) in [6, 6.07) is 19.5. The second-order valence-electron chi connectivity index (χ2n) is 9.91. The number of allylic oxidation sites excluding steroid dienone is 3. The Bertz CT molecular complexity index is 1520. The molecule has 2 atom stereocenters. The van der Waals surface area contributed by atoms with Gasteiger partial charge in [-0.3, -0.25) is 9.59 Å². The lowest BCUT2D eigenvalue weighted by atomic mass is 9.71. The fraction of sp³-hybridized carbons (Fsp3) is 0.250. The number of hydrogen-bond donors (Lipinski definition) is 3. The van der Waals surface area contributed by atoms with Crippen LogP contribution in [-0.4, -0.2) is 38.1 Å². The van der Waals surface area contributed by atoms with Crippen LogP contribution < -0.4 is 24.8 Å². The van der Waals surface area contributed by atoms with Gasteiger partial charge < -0.3 is 30.0 Å². The average Bonchev–Trinajstić information content (AvgIpc) is 2.96. The lowest BCUT2D eigenvalue weighted by Crippen LogP contribution is -2.37. The summed E-state index contributed by atoms with van der Waals surface area (Å²) in [5.41, 5.74) is 4.65. The number of aromatic hydroxyl groups is 1. The van der Waals surface area contributed by atoms with Crippen LogP contribution in [0.3, 0.4) is 0 Å². The van der Waals surface area contributed by atoms with Crippen molar-refractivity contribution >= 4 is 17.4 Å². The molecule has 40 heavy (non-hydrogen) atoms. The van der Waals surface area contributed by atoms with Crippen molar-refractivity contribution in [3.63, 3.8) is 0 Å². The third kappa shape index (κ3) is 5.12. The average molecular weight is 541 g/mol. The Morgan fingerprint density at radius 2 is 1.65 bits per heavy atom. The van der Waals surface area contributed by atoms with Crippen molar-refractivity contribution in [1.29, 1.82) is 0 Å². The number of amides is 1. The molecule has 8 heteroatoms. The number of Topliss-reactive ketones (excluding diaryl/α,β-unsaturated/α-hetero) is 1. The SMILES string of the molecule is COc1ccc(NC(=O)C2=C(C)NC3=C(C(=O)C[C@@H](c4ccc(OC)c(OC)c4)C3)[C@@H]2c2cccc(O)c2)cc1. The van der Waals surface area contributed by atoms with E-state index in [9.17, 15) is 14.7 Å². The van der Waals surface area contributed by atoms with Gasteiger partial charge in [0, 0.05) is 40.6 Å². The topological polar surface area (TPSA) is 106 Å². The summed E-state index contributed by atoms with van der Waals surface area (Å²) in [6.07, 6.45) is 0.855. The summed E-state index contributed by atoms with van der Waals surface area (Å²) >= 11 is 0. The first-order chi connectivity index (χ1) is 19.3. The van der Waals surface area contributed by atoms with Gasteiger partial charge in [0.15, 0.2) is 17.3 Å². The van der Waals surface area contributed by atoms with E-state index >= 15 is 0 Å². The number of ketones is 1. The number of phenols is 1. The van der Waals surface area contributed by atoms with Crippen molar-refractivity contribution in [3.05, 3.63) is 100 Å². The van der Waals surface area contributed by atoms with Gasteiger partial charge in [-0.1, -0.05) is 18.2 Å². The van der Waals surface area contributed by atoms with E-state index in [0.29, 0.717) is 51.8 Å². The van der Waals surface area contributed by atoms with Gasteiger partial charge >= 0.3 is 0 Å². The minimum atomic E-state index is -0.638. The van der Waals surface area contributed by atoms with Crippen molar-refractivity contribution in [2.45, 2.75) is 31.6 Å². The molecule has 0 spiro atoms. The lowest BCUT2D eigenvalue weighted by molar-refractivity contribution is -0.116. The van der Waals surface area contributed by atoms with Crippen LogP contribution in [0.25, 0.3) is 0 Å². The molecule has 206 valence electrons. The predicted molar refractivity (Wildman–Crippen MR) is 152 cm³/mol. The highest BCUT2D eigenvalue weighted by atomic mass is 16.5. The van der Waals surface area contributed by atoms with E-state index in [2.05, 4.69) is 10.6 Å². The van der Waals surface area contributed by atoms with E-state index in [1.807, 2.05) is 31.2 Å². The number of phenolic OH excluding ortho intramolecular Hbond substituents is 1. The first kappa shape index (κ1) is 26.9. The summed E-state index contributed by atoms with van der Waals surface area (Å²) in [4.78, 5) is 27.6. The molecule has 1 amide bonds. The van der Waals surface area contributed by atoms with Gasteiger partial charge in [-0.2, -0.15) is 0 Å². The van der Waals surface area contributed by atoms with Gasteiger partial charge in [-0.15, -0.1) is 0 Å². The van der Waals surface area contributed by atoms with E-state index in [1.54, 1.807) is 63.8 Å². The Morgan fingerprint density at radius 1 is 0.900 bits per heavy atom. The van der Waals surface area contributed by atoms with Crippen molar-refractivity contribution < 1.29 is 28.9 Å². The molecule has 1 aliphatic heterocycles. The maximum atomic E-state index is 13.9. The maximum absolute atomic E-state index is 13.9. The summed E-state index contributed by atoms with van der Waals surface area (Å²) < 4.78 is 16.1. The van der Waals surface area contributed by atoms with Crippen LogP contribution in [-0.2, 0) is 9.59 Å². The van der Waals surface area contributed by atoms with Gasteiger partial charge in [0.1, 0.15) is 11.5 Å². The normalized spacial score (nSPS) is 18.6. The monoisotopic (exact) mass is 540 g/mol. The standard InChI is InChI=1S/C32H32N2O6/c1-18-29(32(37)34-22-9-11-24(38-2)12-10-22)30(20-6-5-7-23(35)14-20)31-25(33-18)15-21(16-26(31)36)19-8-13-27(39-3)28(17-19)40-4/h5-14,17,21,30,33,35H,15-16H2,1-4H3,(H,34,37)/t21-,30+/m0/s1. The number of rotatable bonds is 7. The number of methoxy groups -OCH3 is 3. The molecule has 0 saturated heterocycles. The first-order valence-electron chi connectivity index (χ1n) is 13.0. The zero-order valence-electron chi connectivity index (χ0n) is 22.9. The molecule has 0 aromatic heterocycles. The molecule has 2 aliphatic rings. The van der Waals surface area contributed by atoms with Gasteiger partial charge in [-0.25, -0.2) is 0 Å². The molecular weight excluding hydrogens is 508 g/mol. The minimum absolute atomic E-state index is 0.0517. The Morgan fingerprint density at radius 3 is 2.33 bits per heavy atom. The van der Waals surface area contributed by atoms with Crippen molar-refractivity contribution in [1.82, 2.24) is 5.32 Å². The number of dihydropyridines is 1. The zero-order valence-corrected chi connectivity index (χ0v) is 22.9. The van der Waals surface area contributed by atoms with Crippen LogP contribution >= 0.6 is 0 Å². The predicted octanol–water partition coefficient (Wildman–Crippen LogP) is 5.42. The first-order valence-corrected chi connectivity index (χ1v) is 13.0. The zero-order chi connectivity index (χ0) is 28.4. The van der Waals surface area contributed by atoms with Crippen LogP contribution in [0.4, 0.5) is 5.69 Å². The Labute approximate surface area is 233 Å². The van der Waals surface area contributed by atoms with Gasteiger partial charge in [-0.05, 0) is 78.9 Å². The second-order valence-corrected chi connectivity index (χ2v) is 9.91. The lowest BCUT2D eigenvalue weighted by Gasteiger charge is -2.37. The quantitative estimate of drug-likeness (QED) is 0.368. The van der Waals surface area contributed by atoms with Crippen molar-refractivity contribution in [3.8, 4) is 23.0 Å². The highest BCUT2D eigenvalue weighted by Crippen LogP contribution is 2.46. The second kappa shape index (κ2) is 11.2. The number of hydrogen-bond acceptors (Lipinski definition) is 7. The molecule has 3 aromatic rings. The summed E-state index contributed by atoms with van der Waals surface area (Å²) in [6.45, 7) is 1.84. The Kier molecular flexibility index (Phi) is 7.51. The smallest absolute Gasteiger partial charge is 0.254 e. The molecule has 0 radical (unpaired) electrons. The summed E-state index contributed by atoms with van der Waals surface area (Å²) in [5.74, 6) is 0.879. The number of ether oxygens (including phenoxy) is 3. The molecule has 3 aromatic carbocycles. The fourth-order valence-electron chi connectivity index (χ4n) is 5.59. The number of anilines is 1. The van der Waals surface area contributed by atoms with E-state index in [1.165, 1.54) is 0 Å². The molecule has 0 saturated carbocycles. The van der Waals surface area contributed by atoms with Gasteiger partial charge in [0.05, 0.1) is 21.3 Å². The van der Waals surface area contributed by atoms with E-state index < -0.39 is 5.92 Å². The number of carbonyl (C=O) groups excluding carboxylic acids is 2. The molecule has 0 unspecified atom stereocenters. The number of carbonyl (C=O) groups is 2. The molecular formula is C32H32N2O6. The van der Waals surface area contributed by atoms with Crippen molar-refractivity contribution in [2.75, 3.05) is 26.6 Å². The molecule has 0 fully saturated rings. The largest absolute Gasteiger partial charge is 0.508 e. The Balaban J connectivity index is 1.53. The van der Waals surface area contributed by atoms with Gasteiger partial charge in [0.2, 0.25) is 0 Å². The highest BCUT2D eigenvalue weighted by Gasteiger charge is 2.41. The molecule has 8 nitrogen and oxygen atoms in total. The summed E-state index contributed by atoms with van der Waals surface area (Å²) in [7, 11) is 4.75. The van der Waals surface area contributed by atoms with Crippen LogP contribution in [0.5, 0.6) is 23.0 Å². The molecule has 3 N–H and O–H groups in total. The maximum Gasteiger partial charge on any atom is 0.254 e. The van der Waals surface area contributed by atoms with E-state index in [-0.39, 0.29) is 29.8 Å². The van der Waals surface area contributed by atoms with Crippen molar-refractivity contribution in [2.24, 2.45) is 0 Å². The van der Waals surface area contributed by atoms with E-state index in [0.717, 1.165) is 11.3 Å². The van der Waals surface area contributed by atoms with Crippen LogP contribution in [0.15, 0.2) is 89.3 Å². The van der Waals surface area contributed by atoms with E-state index in [4.69, 9.17) is 14.2 Å². The number of benzene rings is 3. The van der Waals surface area contributed by atoms with Crippen LogP contribution in [0.2, 0.25) is 0 Å². The fourth-order valence-corrected chi connectivity index (χ4v) is 5.59. The third-order valence-corrected chi connectivity index (χ3v) is 7.50. The molecule has 5 rings (SSSR count). The number of nitrogens with one attached hydrogen (secondary N) is 2. The molecule has 0 bridgehead atoms. The highest BCUT2D eigenvalue weighted by molar-refractivity contribution is 6.10. The minimum Gasteiger partial charge on any atom is -0.508 e. The third-order valence-electron chi connectivity index (χ3n) is 7.50.